The summed E-state index contributed by atoms with van der Waals surface area (Å²) in [7, 11) is 0. The normalized spacial score (nSPS) is 9.88. The van der Waals surface area contributed by atoms with Crippen molar-refractivity contribution < 1.29 is 9.53 Å². The molecule has 6 heteroatoms. The zero-order chi connectivity index (χ0) is 16.5. The molecule has 3 N–H and O–H groups in total. The summed E-state index contributed by atoms with van der Waals surface area (Å²) >= 11 is 3.43. The average Bonchev–Trinajstić information content (AvgIpc) is 2.55. The van der Waals surface area contributed by atoms with E-state index in [1.165, 1.54) is 0 Å². The Morgan fingerprint density at radius 2 is 1.83 bits per heavy atom. The van der Waals surface area contributed by atoms with Crippen LogP contribution >= 0.6 is 28.3 Å². The van der Waals surface area contributed by atoms with Gasteiger partial charge in [-0.05, 0) is 58.6 Å². The lowest BCUT2D eigenvalue weighted by atomic mass is 10.1. The van der Waals surface area contributed by atoms with Crippen molar-refractivity contribution in [1.82, 2.24) is 5.32 Å². The molecule has 0 atom stereocenters. The summed E-state index contributed by atoms with van der Waals surface area (Å²) in [5, 5.41) is 2.92. The molecule has 2 rings (SSSR count). The maximum Gasteiger partial charge on any atom is 0.220 e. The van der Waals surface area contributed by atoms with Crippen molar-refractivity contribution in [3.8, 4) is 5.75 Å². The van der Waals surface area contributed by atoms with E-state index in [1.54, 1.807) is 0 Å². The van der Waals surface area contributed by atoms with Crippen molar-refractivity contribution >= 4 is 39.9 Å². The number of hydrogen-bond acceptors (Lipinski definition) is 3. The van der Waals surface area contributed by atoms with Crippen molar-refractivity contribution in [1.29, 1.82) is 0 Å². The first-order valence-corrected chi connectivity index (χ1v) is 8.43. The van der Waals surface area contributed by atoms with Gasteiger partial charge in [-0.1, -0.05) is 24.3 Å². The molecule has 2 aromatic rings. The molecule has 0 unspecified atom stereocenters. The molecule has 0 heterocycles. The molecule has 0 spiro atoms. The number of amides is 1. The van der Waals surface area contributed by atoms with Gasteiger partial charge in [0.25, 0.3) is 0 Å². The predicted molar refractivity (Wildman–Crippen MR) is 104 cm³/mol. The Labute approximate surface area is 157 Å². The van der Waals surface area contributed by atoms with E-state index in [4.69, 9.17) is 10.5 Å². The van der Waals surface area contributed by atoms with Crippen LogP contribution in [-0.4, -0.2) is 19.1 Å². The first-order chi connectivity index (χ1) is 11.1. The van der Waals surface area contributed by atoms with Crippen LogP contribution in [0.4, 0.5) is 5.69 Å². The number of nitrogen functional groups attached to an aromatic ring is 1. The first kappa shape index (κ1) is 20.3. The topological polar surface area (TPSA) is 64.3 Å². The molecule has 0 aliphatic heterocycles. The number of rotatable bonds is 8. The predicted octanol–water partition coefficient (Wildman–Crippen LogP) is 3.97. The van der Waals surface area contributed by atoms with Gasteiger partial charge in [-0.2, -0.15) is 0 Å². The molecular formula is C18H22BrClN2O2. The van der Waals surface area contributed by atoms with Crippen LogP contribution < -0.4 is 15.8 Å². The lowest BCUT2D eigenvalue weighted by Gasteiger charge is -2.08. The number of anilines is 1. The van der Waals surface area contributed by atoms with Crippen LogP contribution in [-0.2, 0) is 11.2 Å². The van der Waals surface area contributed by atoms with Crippen LogP contribution in [0.1, 0.15) is 18.4 Å². The van der Waals surface area contributed by atoms with Gasteiger partial charge in [0.2, 0.25) is 5.91 Å². The number of benzene rings is 2. The van der Waals surface area contributed by atoms with Gasteiger partial charge in [-0.25, -0.2) is 0 Å². The zero-order valence-corrected chi connectivity index (χ0v) is 15.7. The third-order valence-electron chi connectivity index (χ3n) is 3.36. The molecule has 0 aliphatic carbocycles. The molecule has 2 aromatic carbocycles. The molecule has 1 amide bonds. The van der Waals surface area contributed by atoms with Crippen LogP contribution in [0.2, 0.25) is 0 Å². The summed E-state index contributed by atoms with van der Waals surface area (Å²) in [6.07, 6.45) is 1.96. The van der Waals surface area contributed by atoms with E-state index in [0.29, 0.717) is 26.0 Å². The van der Waals surface area contributed by atoms with E-state index in [-0.39, 0.29) is 18.3 Å². The standard InChI is InChI=1S/C18H21BrN2O2.ClH/c19-16-4-1-2-5-17(16)23-13-3-6-18(22)21-12-11-14-7-9-15(20)10-8-14;/h1-2,4-5,7-10H,3,6,11-13,20H2,(H,21,22);1H. The number of carbonyl (C=O) groups excluding carboxylic acids is 1. The largest absolute Gasteiger partial charge is 0.492 e. The zero-order valence-electron chi connectivity index (χ0n) is 13.3. The molecule has 4 nitrogen and oxygen atoms in total. The van der Waals surface area contributed by atoms with E-state index < -0.39 is 0 Å². The number of ether oxygens (including phenoxy) is 1. The van der Waals surface area contributed by atoms with E-state index in [1.807, 2.05) is 48.5 Å². The van der Waals surface area contributed by atoms with Gasteiger partial charge in [0.1, 0.15) is 5.75 Å². The lowest BCUT2D eigenvalue weighted by Crippen LogP contribution is -2.25. The van der Waals surface area contributed by atoms with Crippen LogP contribution in [0.3, 0.4) is 0 Å². The molecule has 0 aromatic heterocycles. The minimum atomic E-state index is 0. The molecule has 0 saturated heterocycles. The molecule has 24 heavy (non-hydrogen) atoms. The fourth-order valence-corrected chi connectivity index (χ4v) is 2.49. The Morgan fingerprint density at radius 3 is 2.54 bits per heavy atom. The van der Waals surface area contributed by atoms with Gasteiger partial charge < -0.3 is 15.8 Å². The fourth-order valence-electron chi connectivity index (χ4n) is 2.10. The van der Waals surface area contributed by atoms with Crippen LogP contribution in [0.15, 0.2) is 53.0 Å². The number of carbonyl (C=O) groups is 1. The molecule has 130 valence electrons. The van der Waals surface area contributed by atoms with Crippen LogP contribution in [0.25, 0.3) is 0 Å². The Kier molecular flexibility index (Phi) is 9.27. The average molecular weight is 414 g/mol. The minimum Gasteiger partial charge on any atom is -0.492 e. The number of nitrogens with one attached hydrogen (secondary N) is 1. The molecular weight excluding hydrogens is 392 g/mol. The van der Waals surface area contributed by atoms with Crippen molar-refractivity contribution in [2.45, 2.75) is 19.3 Å². The second kappa shape index (κ2) is 10.9. The Morgan fingerprint density at radius 1 is 1.12 bits per heavy atom. The highest BCUT2D eigenvalue weighted by atomic mass is 79.9. The Hall–Kier alpha value is -1.72. The Bertz CT molecular complexity index is 635. The molecule has 0 saturated carbocycles. The van der Waals surface area contributed by atoms with Crippen molar-refractivity contribution in [3.05, 3.63) is 58.6 Å². The summed E-state index contributed by atoms with van der Waals surface area (Å²) in [6.45, 7) is 1.15. The van der Waals surface area contributed by atoms with Crippen molar-refractivity contribution in [2.75, 3.05) is 18.9 Å². The summed E-state index contributed by atoms with van der Waals surface area (Å²) in [5.74, 6) is 0.854. The highest BCUT2D eigenvalue weighted by Crippen LogP contribution is 2.23. The lowest BCUT2D eigenvalue weighted by molar-refractivity contribution is -0.121. The van der Waals surface area contributed by atoms with E-state index >= 15 is 0 Å². The minimum absolute atomic E-state index is 0. The van der Waals surface area contributed by atoms with E-state index in [9.17, 15) is 4.79 Å². The van der Waals surface area contributed by atoms with Gasteiger partial charge in [-0.15, -0.1) is 12.4 Å². The fraction of sp³-hybridized carbons (Fsp3) is 0.278. The summed E-state index contributed by atoms with van der Waals surface area (Å²) in [4.78, 5) is 11.8. The van der Waals surface area contributed by atoms with E-state index in [0.717, 1.165) is 27.9 Å². The number of halogens is 2. The number of para-hydroxylation sites is 1. The quantitative estimate of drug-likeness (QED) is 0.508. The highest BCUT2D eigenvalue weighted by Gasteiger charge is 2.03. The maximum atomic E-state index is 11.8. The van der Waals surface area contributed by atoms with Crippen molar-refractivity contribution in [3.63, 3.8) is 0 Å². The third-order valence-corrected chi connectivity index (χ3v) is 4.01. The van der Waals surface area contributed by atoms with E-state index in [2.05, 4.69) is 21.2 Å². The van der Waals surface area contributed by atoms with Gasteiger partial charge in [-0.3, -0.25) is 4.79 Å². The molecule has 0 aliphatic rings. The summed E-state index contributed by atoms with van der Waals surface area (Å²) in [6, 6.07) is 15.4. The monoisotopic (exact) mass is 412 g/mol. The summed E-state index contributed by atoms with van der Waals surface area (Å²) in [5.41, 5.74) is 7.55. The van der Waals surface area contributed by atoms with Gasteiger partial charge >= 0.3 is 0 Å². The molecule has 0 fully saturated rings. The SMILES string of the molecule is Cl.Nc1ccc(CCNC(=O)CCCOc2ccccc2Br)cc1. The first-order valence-electron chi connectivity index (χ1n) is 7.63. The molecule has 0 bridgehead atoms. The Balaban J connectivity index is 0.00000288. The summed E-state index contributed by atoms with van der Waals surface area (Å²) < 4.78 is 6.56. The second-order valence-electron chi connectivity index (χ2n) is 5.22. The van der Waals surface area contributed by atoms with Gasteiger partial charge in [0.15, 0.2) is 0 Å². The number of hydrogen-bond donors (Lipinski definition) is 2. The van der Waals surface area contributed by atoms with Gasteiger partial charge in [0.05, 0.1) is 11.1 Å². The van der Waals surface area contributed by atoms with Gasteiger partial charge in [0, 0.05) is 18.7 Å². The van der Waals surface area contributed by atoms with Crippen molar-refractivity contribution in [2.24, 2.45) is 0 Å². The van der Waals surface area contributed by atoms with Crippen LogP contribution in [0.5, 0.6) is 5.75 Å². The third kappa shape index (κ3) is 7.23. The van der Waals surface area contributed by atoms with Crippen LogP contribution in [0, 0.1) is 0 Å². The maximum absolute atomic E-state index is 11.8. The highest BCUT2D eigenvalue weighted by molar-refractivity contribution is 9.10. The number of nitrogens with two attached hydrogens (primary N) is 1. The smallest absolute Gasteiger partial charge is 0.220 e. The molecule has 0 radical (unpaired) electrons. The second-order valence-corrected chi connectivity index (χ2v) is 6.08.